The molecule has 118 valence electrons. The fourth-order valence-electron chi connectivity index (χ4n) is 3.14. The van der Waals surface area contributed by atoms with E-state index in [1.54, 1.807) is 0 Å². The Kier molecular flexibility index (Phi) is 6.72. The summed E-state index contributed by atoms with van der Waals surface area (Å²) in [5, 5.41) is 3.45. The van der Waals surface area contributed by atoms with E-state index in [1.165, 1.54) is 43.2 Å². The van der Waals surface area contributed by atoms with Crippen molar-refractivity contribution in [3.8, 4) is 0 Å². The summed E-state index contributed by atoms with van der Waals surface area (Å²) in [6.45, 7) is 8.36. The molecule has 2 nitrogen and oxygen atoms in total. The molecule has 1 fully saturated rings. The van der Waals surface area contributed by atoms with Crippen molar-refractivity contribution in [2.45, 2.75) is 78.2 Å². The summed E-state index contributed by atoms with van der Waals surface area (Å²) in [4.78, 5) is 0. The third kappa shape index (κ3) is 5.44. The highest BCUT2D eigenvalue weighted by Crippen LogP contribution is 2.29. The molecule has 2 heteroatoms. The van der Waals surface area contributed by atoms with Gasteiger partial charge < -0.3 is 10.1 Å². The van der Waals surface area contributed by atoms with Crippen LogP contribution in [0.3, 0.4) is 0 Å². The molecule has 21 heavy (non-hydrogen) atoms. The Morgan fingerprint density at radius 1 is 1.10 bits per heavy atom. The van der Waals surface area contributed by atoms with Gasteiger partial charge in [-0.05, 0) is 29.9 Å². The molecule has 2 rings (SSSR count). The van der Waals surface area contributed by atoms with E-state index in [0.717, 1.165) is 19.1 Å². The Morgan fingerprint density at radius 3 is 2.43 bits per heavy atom. The van der Waals surface area contributed by atoms with Crippen LogP contribution >= 0.6 is 0 Å². The van der Waals surface area contributed by atoms with E-state index < -0.39 is 0 Å². The smallest absolute Gasteiger partial charge is 0.0720 e. The molecule has 1 saturated carbocycles. The van der Waals surface area contributed by atoms with Gasteiger partial charge in [0.1, 0.15) is 0 Å². The summed E-state index contributed by atoms with van der Waals surface area (Å²) in [6, 6.07) is 9.38. The molecule has 1 aromatic rings. The zero-order valence-electron chi connectivity index (χ0n) is 13.9. The molecule has 0 spiro atoms. The second-order valence-corrected chi connectivity index (χ2v) is 6.65. The third-order valence-corrected chi connectivity index (χ3v) is 4.57. The average Bonchev–Trinajstić information content (AvgIpc) is 2.52. The molecular formula is C19H31NO. The van der Waals surface area contributed by atoms with Gasteiger partial charge in [0.15, 0.2) is 0 Å². The molecule has 1 aliphatic rings. The van der Waals surface area contributed by atoms with Crippen LogP contribution < -0.4 is 5.32 Å². The monoisotopic (exact) mass is 289 g/mol. The first-order valence-electron chi connectivity index (χ1n) is 8.61. The van der Waals surface area contributed by atoms with E-state index in [-0.39, 0.29) is 0 Å². The predicted octanol–water partition coefficient (Wildman–Crippen LogP) is 4.67. The van der Waals surface area contributed by atoms with Crippen molar-refractivity contribution in [2.75, 3.05) is 0 Å². The average molecular weight is 289 g/mol. The summed E-state index contributed by atoms with van der Waals surface area (Å²) < 4.78 is 6.19. The van der Waals surface area contributed by atoms with Gasteiger partial charge in [-0.2, -0.15) is 0 Å². The van der Waals surface area contributed by atoms with Crippen molar-refractivity contribution >= 4 is 0 Å². The number of rotatable bonds is 7. The summed E-state index contributed by atoms with van der Waals surface area (Å²) in [6.07, 6.45) is 7.04. The molecule has 1 aliphatic carbocycles. The molecule has 0 aliphatic heterocycles. The fraction of sp³-hybridized carbons (Fsp3) is 0.684. The lowest BCUT2D eigenvalue weighted by molar-refractivity contribution is -0.0221. The number of ether oxygens (including phenoxy) is 1. The van der Waals surface area contributed by atoms with Crippen LogP contribution in [0.15, 0.2) is 24.3 Å². The molecule has 0 saturated heterocycles. The largest absolute Gasteiger partial charge is 0.373 e. The first-order chi connectivity index (χ1) is 10.2. The van der Waals surface area contributed by atoms with Gasteiger partial charge in [0.05, 0.1) is 12.7 Å². The molecule has 0 amide bonds. The lowest BCUT2D eigenvalue weighted by Gasteiger charge is -2.30. The molecule has 1 N–H and O–H groups in total. The Morgan fingerprint density at radius 2 is 1.76 bits per heavy atom. The van der Waals surface area contributed by atoms with Crippen LogP contribution in [-0.2, 0) is 17.9 Å². The first-order valence-corrected chi connectivity index (χ1v) is 8.61. The summed E-state index contributed by atoms with van der Waals surface area (Å²) in [5.41, 5.74) is 2.64. The second kappa shape index (κ2) is 8.55. The van der Waals surface area contributed by atoms with Crippen LogP contribution in [0.4, 0.5) is 0 Å². The van der Waals surface area contributed by atoms with E-state index in [9.17, 15) is 0 Å². The highest BCUT2D eigenvalue weighted by atomic mass is 16.5. The van der Waals surface area contributed by atoms with Crippen LogP contribution in [-0.4, -0.2) is 12.1 Å². The maximum atomic E-state index is 6.19. The molecule has 0 aromatic heterocycles. The quantitative estimate of drug-likeness (QED) is 0.787. The topological polar surface area (TPSA) is 21.3 Å². The van der Waals surface area contributed by atoms with Gasteiger partial charge >= 0.3 is 0 Å². The Labute approximate surface area is 130 Å². The third-order valence-electron chi connectivity index (χ3n) is 4.57. The standard InChI is InChI=1S/C19H31NO/c1-4-18-7-5-6-8-19(18)21-14-17-11-9-16(10-12-17)13-20-15(2)3/h9-12,15,18-20H,4-8,13-14H2,1-3H3. The van der Waals surface area contributed by atoms with E-state index >= 15 is 0 Å². The SMILES string of the molecule is CCC1CCCCC1OCc1ccc(CNC(C)C)cc1. The van der Waals surface area contributed by atoms with E-state index in [0.29, 0.717) is 12.1 Å². The molecule has 2 atom stereocenters. The van der Waals surface area contributed by atoms with Gasteiger partial charge in [-0.1, -0.05) is 64.3 Å². The lowest BCUT2D eigenvalue weighted by atomic mass is 9.85. The zero-order chi connectivity index (χ0) is 15.1. The van der Waals surface area contributed by atoms with Crippen LogP contribution in [0.1, 0.15) is 64.0 Å². The molecule has 0 heterocycles. The van der Waals surface area contributed by atoms with Gasteiger partial charge in [0, 0.05) is 12.6 Å². The predicted molar refractivity (Wildman–Crippen MR) is 89.2 cm³/mol. The van der Waals surface area contributed by atoms with E-state index in [2.05, 4.69) is 50.4 Å². The summed E-state index contributed by atoms with van der Waals surface area (Å²) >= 11 is 0. The van der Waals surface area contributed by atoms with Crippen LogP contribution in [0.25, 0.3) is 0 Å². The van der Waals surface area contributed by atoms with Crippen molar-refractivity contribution < 1.29 is 4.74 Å². The van der Waals surface area contributed by atoms with Gasteiger partial charge in [0.25, 0.3) is 0 Å². The Balaban J connectivity index is 1.80. The minimum atomic E-state index is 0.478. The van der Waals surface area contributed by atoms with Crippen molar-refractivity contribution in [3.05, 3.63) is 35.4 Å². The number of nitrogens with one attached hydrogen (secondary N) is 1. The molecular weight excluding hydrogens is 258 g/mol. The van der Waals surface area contributed by atoms with Gasteiger partial charge in [-0.25, -0.2) is 0 Å². The van der Waals surface area contributed by atoms with Gasteiger partial charge in [-0.15, -0.1) is 0 Å². The minimum absolute atomic E-state index is 0.478. The van der Waals surface area contributed by atoms with Crippen LogP contribution in [0.5, 0.6) is 0 Å². The highest BCUT2D eigenvalue weighted by Gasteiger charge is 2.24. The maximum absolute atomic E-state index is 6.19. The minimum Gasteiger partial charge on any atom is -0.373 e. The van der Waals surface area contributed by atoms with Crippen molar-refractivity contribution in [3.63, 3.8) is 0 Å². The Hall–Kier alpha value is -0.860. The lowest BCUT2D eigenvalue weighted by Crippen LogP contribution is -2.27. The maximum Gasteiger partial charge on any atom is 0.0720 e. The normalized spacial score (nSPS) is 22.7. The fourth-order valence-corrected chi connectivity index (χ4v) is 3.14. The number of hydrogen-bond acceptors (Lipinski definition) is 2. The van der Waals surface area contributed by atoms with Crippen molar-refractivity contribution in [1.82, 2.24) is 5.32 Å². The van der Waals surface area contributed by atoms with Gasteiger partial charge in [0.2, 0.25) is 0 Å². The Bertz CT molecular complexity index is 399. The van der Waals surface area contributed by atoms with Crippen molar-refractivity contribution in [2.24, 2.45) is 5.92 Å². The molecule has 0 radical (unpaired) electrons. The van der Waals surface area contributed by atoms with Crippen LogP contribution in [0, 0.1) is 5.92 Å². The molecule has 2 unspecified atom stereocenters. The molecule has 0 bridgehead atoms. The van der Waals surface area contributed by atoms with E-state index in [4.69, 9.17) is 4.74 Å². The number of benzene rings is 1. The van der Waals surface area contributed by atoms with Crippen LogP contribution in [0.2, 0.25) is 0 Å². The highest BCUT2D eigenvalue weighted by molar-refractivity contribution is 5.22. The molecule has 1 aromatic carbocycles. The number of hydrogen-bond donors (Lipinski definition) is 1. The van der Waals surface area contributed by atoms with Gasteiger partial charge in [-0.3, -0.25) is 0 Å². The summed E-state index contributed by atoms with van der Waals surface area (Å²) in [7, 11) is 0. The first kappa shape index (κ1) is 16.5. The zero-order valence-corrected chi connectivity index (χ0v) is 13.9. The second-order valence-electron chi connectivity index (χ2n) is 6.65. The summed E-state index contributed by atoms with van der Waals surface area (Å²) in [5.74, 6) is 0.772. The van der Waals surface area contributed by atoms with E-state index in [1.807, 2.05) is 0 Å². The van der Waals surface area contributed by atoms with Crippen molar-refractivity contribution in [1.29, 1.82) is 0 Å².